The van der Waals surface area contributed by atoms with Crippen molar-refractivity contribution in [2.75, 3.05) is 13.1 Å². The van der Waals surface area contributed by atoms with Gasteiger partial charge in [-0.25, -0.2) is 4.99 Å². The molecule has 0 saturated heterocycles. The van der Waals surface area contributed by atoms with Crippen molar-refractivity contribution in [3.8, 4) is 0 Å². The molecular weight excluding hydrogens is 282 g/mol. The third-order valence-corrected chi connectivity index (χ3v) is 3.87. The van der Waals surface area contributed by atoms with E-state index in [-0.39, 0.29) is 0 Å². The summed E-state index contributed by atoms with van der Waals surface area (Å²) in [6, 6.07) is 4.17. The second-order valence-corrected chi connectivity index (χ2v) is 5.86. The average Bonchev–Trinajstić information content (AvgIpc) is 3.12. The highest BCUT2D eigenvalue weighted by Gasteiger charge is 1.99. The number of aryl methyl sites for hydroxylation is 2. The second kappa shape index (κ2) is 8.46. The first-order valence-corrected chi connectivity index (χ1v) is 8.18. The summed E-state index contributed by atoms with van der Waals surface area (Å²) in [5.41, 5.74) is 1.28. The first-order chi connectivity index (χ1) is 10.3. The van der Waals surface area contributed by atoms with Gasteiger partial charge in [-0.1, -0.05) is 6.07 Å². The van der Waals surface area contributed by atoms with E-state index in [1.54, 1.807) is 11.3 Å². The summed E-state index contributed by atoms with van der Waals surface area (Å²) in [7, 11) is 1.95. The molecule has 0 amide bonds. The highest BCUT2D eigenvalue weighted by atomic mass is 32.1. The minimum Gasteiger partial charge on any atom is -0.357 e. The zero-order chi connectivity index (χ0) is 14.9. The maximum atomic E-state index is 4.59. The molecule has 0 aliphatic heterocycles. The molecule has 0 bridgehead atoms. The Morgan fingerprint density at radius 3 is 3.00 bits per heavy atom. The Balaban J connectivity index is 1.73. The summed E-state index contributed by atoms with van der Waals surface area (Å²) >= 11 is 1.74. The van der Waals surface area contributed by atoms with Crippen molar-refractivity contribution in [2.24, 2.45) is 12.0 Å². The molecule has 0 fully saturated rings. The lowest BCUT2D eigenvalue weighted by molar-refractivity contribution is 0.741. The van der Waals surface area contributed by atoms with Gasteiger partial charge in [0.2, 0.25) is 0 Å². The van der Waals surface area contributed by atoms with Gasteiger partial charge in [0.15, 0.2) is 5.96 Å². The van der Waals surface area contributed by atoms with Crippen LogP contribution in [0.4, 0.5) is 0 Å². The monoisotopic (exact) mass is 305 g/mol. The summed E-state index contributed by atoms with van der Waals surface area (Å²) in [5, 5.41) is 12.9. The molecule has 2 aromatic rings. The fraction of sp³-hybridized carbons (Fsp3) is 0.467. The van der Waals surface area contributed by atoms with Gasteiger partial charge in [0.1, 0.15) is 0 Å². The molecule has 0 radical (unpaired) electrons. The van der Waals surface area contributed by atoms with Crippen molar-refractivity contribution >= 4 is 17.3 Å². The third kappa shape index (κ3) is 5.59. The Labute approximate surface area is 130 Å². The number of nitrogens with zero attached hydrogens (tertiary/aromatic N) is 3. The number of nitrogens with one attached hydrogen (secondary N) is 2. The zero-order valence-electron chi connectivity index (χ0n) is 12.7. The number of aromatic nitrogens is 2. The summed E-state index contributed by atoms with van der Waals surface area (Å²) in [6.07, 6.45) is 6.09. The minimum absolute atomic E-state index is 0.732. The largest absolute Gasteiger partial charge is 0.357 e. The maximum Gasteiger partial charge on any atom is 0.191 e. The summed E-state index contributed by atoms with van der Waals surface area (Å²) in [6.45, 7) is 4.59. The first kappa shape index (κ1) is 15.6. The summed E-state index contributed by atoms with van der Waals surface area (Å²) < 4.78 is 1.84. The van der Waals surface area contributed by atoms with Gasteiger partial charge in [0, 0.05) is 31.2 Å². The van der Waals surface area contributed by atoms with Crippen molar-refractivity contribution in [1.82, 2.24) is 20.4 Å². The standard InChI is InChI=1S/C15H23N5S/c1-3-16-15(18-11-14-7-5-9-21-14)17-8-4-6-13-10-19-20(2)12-13/h5,7,9-10,12H,3-4,6,8,11H2,1-2H3,(H2,16,17,18). The molecule has 21 heavy (non-hydrogen) atoms. The molecule has 0 unspecified atom stereocenters. The van der Waals surface area contributed by atoms with E-state index >= 15 is 0 Å². The number of guanidine groups is 1. The predicted octanol–water partition coefficient (Wildman–Crippen LogP) is 2.17. The van der Waals surface area contributed by atoms with Gasteiger partial charge in [-0.15, -0.1) is 11.3 Å². The van der Waals surface area contributed by atoms with E-state index in [9.17, 15) is 0 Å². The molecule has 0 spiro atoms. The highest BCUT2D eigenvalue weighted by Crippen LogP contribution is 2.09. The Kier molecular flexibility index (Phi) is 6.27. The lowest BCUT2D eigenvalue weighted by atomic mass is 10.2. The van der Waals surface area contributed by atoms with Gasteiger partial charge in [-0.05, 0) is 36.8 Å². The molecule has 2 rings (SSSR count). The average molecular weight is 305 g/mol. The quantitative estimate of drug-likeness (QED) is 0.468. The zero-order valence-corrected chi connectivity index (χ0v) is 13.5. The van der Waals surface area contributed by atoms with E-state index in [1.807, 2.05) is 17.9 Å². The van der Waals surface area contributed by atoms with Gasteiger partial charge in [0.05, 0.1) is 12.7 Å². The van der Waals surface area contributed by atoms with Crippen molar-refractivity contribution in [2.45, 2.75) is 26.3 Å². The number of hydrogen-bond acceptors (Lipinski definition) is 3. The van der Waals surface area contributed by atoms with Gasteiger partial charge < -0.3 is 10.6 Å². The van der Waals surface area contributed by atoms with Crippen molar-refractivity contribution in [3.63, 3.8) is 0 Å². The van der Waals surface area contributed by atoms with Gasteiger partial charge in [-0.3, -0.25) is 4.68 Å². The Bertz CT molecular complexity index is 544. The van der Waals surface area contributed by atoms with E-state index in [1.165, 1.54) is 10.4 Å². The van der Waals surface area contributed by atoms with Crippen molar-refractivity contribution < 1.29 is 0 Å². The van der Waals surface area contributed by atoms with Gasteiger partial charge in [0.25, 0.3) is 0 Å². The van der Waals surface area contributed by atoms with Crippen molar-refractivity contribution in [3.05, 3.63) is 40.3 Å². The van der Waals surface area contributed by atoms with Crippen LogP contribution in [0.25, 0.3) is 0 Å². The van der Waals surface area contributed by atoms with Crippen LogP contribution in [0.3, 0.4) is 0 Å². The van der Waals surface area contributed by atoms with Gasteiger partial charge in [-0.2, -0.15) is 5.10 Å². The SMILES string of the molecule is CCNC(=NCc1cccs1)NCCCc1cnn(C)c1. The number of aliphatic imine (C=N–C) groups is 1. The summed E-state index contributed by atoms with van der Waals surface area (Å²) in [5.74, 6) is 0.886. The van der Waals surface area contributed by atoms with Crippen LogP contribution in [0.1, 0.15) is 23.8 Å². The third-order valence-electron chi connectivity index (χ3n) is 3.01. The normalized spacial score (nSPS) is 11.6. The molecule has 2 N–H and O–H groups in total. The Morgan fingerprint density at radius 1 is 1.43 bits per heavy atom. The van der Waals surface area contributed by atoms with Gasteiger partial charge >= 0.3 is 0 Å². The Hall–Kier alpha value is -1.82. The smallest absolute Gasteiger partial charge is 0.191 e. The number of hydrogen-bond donors (Lipinski definition) is 2. The van der Waals surface area contributed by atoms with E-state index in [0.29, 0.717) is 0 Å². The summed E-state index contributed by atoms with van der Waals surface area (Å²) in [4.78, 5) is 5.87. The molecule has 0 saturated carbocycles. The molecule has 5 nitrogen and oxygen atoms in total. The lowest BCUT2D eigenvalue weighted by Crippen LogP contribution is -2.37. The first-order valence-electron chi connectivity index (χ1n) is 7.30. The number of rotatable bonds is 7. The molecule has 0 aliphatic carbocycles. The van der Waals surface area contributed by atoms with E-state index in [0.717, 1.165) is 38.4 Å². The number of thiophene rings is 1. The van der Waals surface area contributed by atoms with Crippen LogP contribution in [0.15, 0.2) is 34.9 Å². The fourth-order valence-corrected chi connectivity index (χ4v) is 2.63. The van der Waals surface area contributed by atoms with Crippen LogP contribution in [0, 0.1) is 0 Å². The lowest BCUT2D eigenvalue weighted by Gasteiger charge is -2.10. The van der Waals surface area contributed by atoms with Crippen molar-refractivity contribution in [1.29, 1.82) is 0 Å². The van der Waals surface area contributed by atoms with E-state index in [2.05, 4.69) is 51.4 Å². The van der Waals surface area contributed by atoms with Crippen LogP contribution in [0.5, 0.6) is 0 Å². The van der Waals surface area contributed by atoms with Crippen LogP contribution in [0.2, 0.25) is 0 Å². The Morgan fingerprint density at radius 2 is 2.33 bits per heavy atom. The van der Waals surface area contributed by atoms with Crippen LogP contribution in [-0.2, 0) is 20.0 Å². The molecule has 6 heteroatoms. The van der Waals surface area contributed by atoms with E-state index in [4.69, 9.17) is 0 Å². The van der Waals surface area contributed by atoms with Crippen LogP contribution < -0.4 is 10.6 Å². The maximum absolute atomic E-state index is 4.59. The second-order valence-electron chi connectivity index (χ2n) is 4.83. The molecular formula is C15H23N5S. The minimum atomic E-state index is 0.732. The molecule has 114 valence electrons. The predicted molar refractivity (Wildman–Crippen MR) is 88.7 cm³/mol. The molecule has 0 atom stereocenters. The molecule has 0 aromatic carbocycles. The molecule has 0 aliphatic rings. The molecule has 2 heterocycles. The fourth-order valence-electron chi connectivity index (χ4n) is 2.00. The van der Waals surface area contributed by atoms with E-state index < -0.39 is 0 Å². The molecule has 2 aromatic heterocycles. The highest BCUT2D eigenvalue weighted by molar-refractivity contribution is 7.09. The van der Waals surface area contributed by atoms with Crippen LogP contribution in [-0.4, -0.2) is 28.8 Å². The topological polar surface area (TPSA) is 54.2 Å². The van der Waals surface area contributed by atoms with Crippen LogP contribution >= 0.6 is 11.3 Å².